The predicted octanol–water partition coefficient (Wildman–Crippen LogP) is 4.20. The normalized spacial score (nSPS) is 14.1. The predicted molar refractivity (Wildman–Crippen MR) is 82.2 cm³/mol. The first kappa shape index (κ1) is 17.7. The van der Waals surface area contributed by atoms with Crippen LogP contribution in [0.25, 0.3) is 0 Å². The van der Waals surface area contributed by atoms with Crippen molar-refractivity contribution in [1.82, 2.24) is 0 Å². The van der Waals surface area contributed by atoms with Crippen molar-refractivity contribution in [2.24, 2.45) is 11.3 Å². The average molecular weight is 388 g/mol. The van der Waals surface area contributed by atoms with Gasteiger partial charge in [0.15, 0.2) is 0 Å². The maximum atomic E-state index is 13.2. The van der Waals surface area contributed by atoms with E-state index in [9.17, 15) is 12.8 Å². The molecule has 0 aromatic heterocycles. The van der Waals surface area contributed by atoms with E-state index in [4.69, 9.17) is 15.4 Å². The van der Waals surface area contributed by atoms with Crippen LogP contribution in [0.15, 0.2) is 22.7 Å². The van der Waals surface area contributed by atoms with Gasteiger partial charge < -0.3 is 4.74 Å². The third kappa shape index (κ3) is 5.97. The van der Waals surface area contributed by atoms with Crippen molar-refractivity contribution in [1.29, 1.82) is 0 Å². The van der Waals surface area contributed by atoms with Crippen LogP contribution >= 0.6 is 26.6 Å². The lowest BCUT2D eigenvalue weighted by atomic mass is 9.82. The summed E-state index contributed by atoms with van der Waals surface area (Å²) in [5.74, 6) is -0.572. The smallest absolute Gasteiger partial charge is 0.233 e. The largest absolute Gasteiger partial charge is 0.492 e. The summed E-state index contributed by atoms with van der Waals surface area (Å²) >= 11 is 3.26. The van der Waals surface area contributed by atoms with Gasteiger partial charge in [-0.1, -0.05) is 20.8 Å². The molecule has 0 aliphatic rings. The molecule has 1 aromatic rings. The third-order valence-corrected chi connectivity index (χ3v) is 4.79. The quantitative estimate of drug-likeness (QED) is 0.711. The van der Waals surface area contributed by atoms with Crippen molar-refractivity contribution in [2.75, 3.05) is 12.4 Å². The van der Waals surface area contributed by atoms with Crippen molar-refractivity contribution in [3.63, 3.8) is 0 Å². The number of rotatable bonds is 5. The lowest BCUT2D eigenvalue weighted by Crippen LogP contribution is -2.31. The molecule has 0 aliphatic carbocycles. The van der Waals surface area contributed by atoms with E-state index >= 15 is 0 Å². The Hall–Kier alpha value is -0.330. The van der Waals surface area contributed by atoms with E-state index in [0.717, 1.165) is 0 Å². The highest BCUT2D eigenvalue weighted by Crippen LogP contribution is 2.31. The van der Waals surface area contributed by atoms with Gasteiger partial charge in [0.1, 0.15) is 11.6 Å². The van der Waals surface area contributed by atoms with Gasteiger partial charge in [0.25, 0.3) is 0 Å². The minimum Gasteiger partial charge on any atom is -0.492 e. The monoisotopic (exact) mass is 386 g/mol. The minimum absolute atomic E-state index is 0.136. The summed E-state index contributed by atoms with van der Waals surface area (Å²) in [4.78, 5) is 0. The van der Waals surface area contributed by atoms with Crippen LogP contribution < -0.4 is 4.74 Å². The Morgan fingerprint density at radius 3 is 2.50 bits per heavy atom. The van der Waals surface area contributed by atoms with Crippen molar-refractivity contribution >= 4 is 35.7 Å². The van der Waals surface area contributed by atoms with Crippen LogP contribution in [0.3, 0.4) is 0 Å². The van der Waals surface area contributed by atoms with E-state index < -0.39 is 14.9 Å². The Bertz CT molecular complexity index is 569. The van der Waals surface area contributed by atoms with E-state index in [2.05, 4.69) is 15.9 Å². The number of ether oxygens (including phenoxy) is 1. The molecule has 0 N–H and O–H groups in total. The molecule has 0 bridgehead atoms. The fourth-order valence-electron chi connectivity index (χ4n) is 1.57. The van der Waals surface area contributed by atoms with Crippen molar-refractivity contribution in [3.8, 4) is 5.75 Å². The highest BCUT2D eigenvalue weighted by atomic mass is 79.9. The molecule has 1 atom stereocenters. The van der Waals surface area contributed by atoms with Crippen LogP contribution in [0.1, 0.15) is 20.8 Å². The number of benzene rings is 1. The first-order valence-corrected chi connectivity index (χ1v) is 9.26. The molecule has 0 amide bonds. The molecular weight excluding hydrogens is 371 g/mol. The topological polar surface area (TPSA) is 43.4 Å². The molecule has 0 spiro atoms. The molecule has 1 unspecified atom stereocenters. The standard InChI is InChI=1S/C13H17BrClFO3S/c1-13(2,3)9(8-20(15,17)18)7-19-12-6-10(16)4-5-11(12)14/h4-6,9H,7-8H2,1-3H3. The Morgan fingerprint density at radius 2 is 2.00 bits per heavy atom. The SMILES string of the molecule is CC(C)(C)C(COc1cc(F)ccc1Br)CS(=O)(=O)Cl. The molecular formula is C13H17BrClFO3S. The molecule has 0 saturated carbocycles. The molecule has 0 saturated heterocycles. The summed E-state index contributed by atoms with van der Waals surface area (Å²) in [7, 11) is 1.70. The average Bonchev–Trinajstić information content (AvgIpc) is 2.25. The fourth-order valence-corrected chi connectivity index (χ4v) is 3.46. The zero-order chi connectivity index (χ0) is 15.6. The van der Waals surface area contributed by atoms with Crippen LogP contribution in [-0.4, -0.2) is 20.8 Å². The summed E-state index contributed by atoms with van der Waals surface area (Å²) in [5, 5.41) is 0. The Balaban J connectivity index is 2.84. The molecule has 0 fully saturated rings. The van der Waals surface area contributed by atoms with Gasteiger partial charge in [-0.2, -0.15) is 0 Å². The van der Waals surface area contributed by atoms with Gasteiger partial charge in [-0.25, -0.2) is 12.8 Å². The van der Waals surface area contributed by atoms with Crippen LogP contribution in [0.2, 0.25) is 0 Å². The van der Waals surface area contributed by atoms with Gasteiger partial charge in [-0.15, -0.1) is 0 Å². The molecule has 3 nitrogen and oxygen atoms in total. The first-order chi connectivity index (χ1) is 8.99. The molecule has 0 radical (unpaired) electrons. The molecule has 1 rings (SSSR count). The van der Waals surface area contributed by atoms with E-state index in [1.54, 1.807) is 0 Å². The van der Waals surface area contributed by atoms with E-state index in [1.807, 2.05) is 20.8 Å². The van der Waals surface area contributed by atoms with E-state index in [-0.39, 0.29) is 23.7 Å². The summed E-state index contributed by atoms with van der Waals surface area (Å²) < 4.78 is 41.8. The van der Waals surface area contributed by atoms with Crippen LogP contribution in [0, 0.1) is 17.2 Å². The maximum absolute atomic E-state index is 13.2. The van der Waals surface area contributed by atoms with Crippen molar-refractivity contribution in [2.45, 2.75) is 20.8 Å². The van der Waals surface area contributed by atoms with Gasteiger partial charge in [0.05, 0.1) is 16.8 Å². The summed E-state index contributed by atoms with van der Waals surface area (Å²) in [6, 6.07) is 4.09. The fraction of sp³-hybridized carbons (Fsp3) is 0.538. The third-order valence-electron chi connectivity index (χ3n) is 2.96. The van der Waals surface area contributed by atoms with E-state index in [1.165, 1.54) is 18.2 Å². The maximum Gasteiger partial charge on any atom is 0.233 e. The van der Waals surface area contributed by atoms with Gasteiger partial charge in [-0.05, 0) is 33.5 Å². The second kappa shape index (κ2) is 6.62. The lowest BCUT2D eigenvalue weighted by Gasteiger charge is -2.29. The summed E-state index contributed by atoms with van der Waals surface area (Å²) in [6.45, 7) is 5.86. The second-order valence-corrected chi connectivity index (χ2v) is 9.33. The van der Waals surface area contributed by atoms with Crippen molar-refractivity contribution in [3.05, 3.63) is 28.5 Å². The van der Waals surface area contributed by atoms with Gasteiger partial charge >= 0.3 is 0 Å². The summed E-state index contributed by atoms with van der Waals surface area (Å²) in [5.41, 5.74) is -0.304. The highest BCUT2D eigenvalue weighted by Gasteiger charge is 2.29. The molecule has 0 aliphatic heterocycles. The van der Waals surface area contributed by atoms with Gasteiger partial charge in [0.2, 0.25) is 9.05 Å². The molecule has 1 aromatic carbocycles. The Morgan fingerprint density at radius 1 is 1.40 bits per heavy atom. The minimum atomic E-state index is -3.62. The summed E-state index contributed by atoms with van der Waals surface area (Å²) in [6.07, 6.45) is 0. The van der Waals surface area contributed by atoms with E-state index in [0.29, 0.717) is 10.2 Å². The lowest BCUT2D eigenvalue weighted by molar-refractivity contribution is 0.162. The molecule has 0 heterocycles. The Labute approximate surface area is 132 Å². The zero-order valence-electron chi connectivity index (χ0n) is 11.5. The Kier molecular flexibility index (Phi) is 5.87. The number of hydrogen-bond acceptors (Lipinski definition) is 3. The van der Waals surface area contributed by atoms with Gasteiger partial charge in [-0.3, -0.25) is 0 Å². The zero-order valence-corrected chi connectivity index (χ0v) is 14.6. The number of hydrogen-bond donors (Lipinski definition) is 0. The van der Waals surface area contributed by atoms with Gasteiger partial charge in [0, 0.05) is 22.7 Å². The molecule has 114 valence electrons. The van der Waals surface area contributed by atoms with Crippen LogP contribution in [0.4, 0.5) is 4.39 Å². The van der Waals surface area contributed by atoms with Crippen molar-refractivity contribution < 1.29 is 17.5 Å². The van der Waals surface area contributed by atoms with Crippen LogP contribution in [0.5, 0.6) is 5.75 Å². The highest BCUT2D eigenvalue weighted by molar-refractivity contribution is 9.10. The number of halogens is 3. The first-order valence-electron chi connectivity index (χ1n) is 5.99. The molecule has 20 heavy (non-hydrogen) atoms. The van der Waals surface area contributed by atoms with Crippen LogP contribution in [-0.2, 0) is 9.05 Å². The second-order valence-electron chi connectivity index (χ2n) is 5.65. The molecule has 7 heteroatoms.